The van der Waals surface area contributed by atoms with Crippen LogP contribution in [-0.4, -0.2) is 67.8 Å². The molecule has 0 bridgehead atoms. The first-order valence-corrected chi connectivity index (χ1v) is 19.9. The zero-order valence-corrected chi connectivity index (χ0v) is 31.1. The Kier molecular flexibility index (Phi) is 12.1. The lowest BCUT2D eigenvalue weighted by Gasteiger charge is -2.36. The van der Waals surface area contributed by atoms with Gasteiger partial charge in [0, 0.05) is 78.6 Å². The number of rotatable bonds is 13. The zero-order valence-electron chi connectivity index (χ0n) is 29.5. The van der Waals surface area contributed by atoms with E-state index < -0.39 is 32.6 Å². The fourth-order valence-electron chi connectivity index (χ4n) is 6.29. The summed E-state index contributed by atoms with van der Waals surface area (Å²) in [5, 5.41) is 12.6. The molecular weight excluding hydrogens is 736 g/mol. The van der Waals surface area contributed by atoms with E-state index in [2.05, 4.69) is 39.2 Å². The molecule has 1 saturated heterocycles. The number of nitrogens with one attached hydrogen (secondary N) is 2. The highest BCUT2D eigenvalue weighted by Crippen LogP contribution is 2.36. The molecule has 0 spiro atoms. The van der Waals surface area contributed by atoms with Gasteiger partial charge < -0.3 is 15.3 Å². The van der Waals surface area contributed by atoms with Crippen LogP contribution in [0.4, 0.5) is 24.5 Å². The third-order valence-electron chi connectivity index (χ3n) is 9.17. The molecule has 0 saturated carbocycles. The quantitative estimate of drug-likeness (QED) is 0.0819. The van der Waals surface area contributed by atoms with Crippen molar-refractivity contribution in [2.24, 2.45) is 0 Å². The first-order chi connectivity index (χ1) is 25.9. The summed E-state index contributed by atoms with van der Waals surface area (Å²) in [6, 6.07) is 26.6. The van der Waals surface area contributed by atoms with Gasteiger partial charge >= 0.3 is 6.18 Å². The normalized spacial score (nSPS) is 13.8. The van der Waals surface area contributed by atoms with Crippen molar-refractivity contribution < 1.29 is 31.5 Å². The molecule has 0 radical (unpaired) electrons. The number of aryl methyl sites for hydroxylation is 1. The number of hydrogen-bond donors (Lipinski definition) is 3. The standard InChI is InChI=1S/C40H40F3N5O4S2/c1-2-28-22-30(32-23-34(49)26-44-25-32)8-9-31(28)27-47-17-19-48(20-18-47)33-12-10-29(11-13-33)39(50)46-54(51,52)36-14-15-38(37(24-36)40(41,42)43)45-16-21-53-35-6-4-3-5-7-35/h3-15,22-26,45,49H,2,16-21,27H2,1H3,(H,46,50). The molecule has 1 amide bonds. The Balaban J connectivity index is 1.03. The molecule has 3 N–H and O–H groups in total. The Hall–Kier alpha value is -5.05. The van der Waals surface area contributed by atoms with Gasteiger partial charge in [-0.3, -0.25) is 14.7 Å². The van der Waals surface area contributed by atoms with E-state index in [0.29, 0.717) is 11.8 Å². The highest BCUT2D eigenvalue weighted by molar-refractivity contribution is 7.99. The number of carbonyl (C=O) groups is 1. The minimum atomic E-state index is -4.83. The Bertz CT molecular complexity index is 2180. The predicted octanol–water partition coefficient (Wildman–Crippen LogP) is 7.68. The number of carbonyl (C=O) groups excluding carboxylic acids is 1. The first kappa shape index (κ1) is 38.7. The molecule has 4 aromatic carbocycles. The van der Waals surface area contributed by atoms with Crippen molar-refractivity contribution in [2.45, 2.75) is 35.9 Å². The number of benzene rings is 4. The lowest BCUT2D eigenvalue weighted by atomic mass is 9.98. The van der Waals surface area contributed by atoms with Gasteiger partial charge in [0.1, 0.15) is 5.75 Å². The molecule has 0 unspecified atom stereocenters. The molecule has 1 aliphatic heterocycles. The minimum Gasteiger partial charge on any atom is -0.506 e. The molecule has 2 heterocycles. The van der Waals surface area contributed by atoms with Gasteiger partial charge in [0.15, 0.2) is 0 Å². The monoisotopic (exact) mass is 775 g/mol. The van der Waals surface area contributed by atoms with Crippen LogP contribution in [0.5, 0.6) is 5.75 Å². The lowest BCUT2D eigenvalue weighted by molar-refractivity contribution is -0.137. The van der Waals surface area contributed by atoms with Crippen LogP contribution < -0.4 is 14.9 Å². The van der Waals surface area contributed by atoms with Crippen LogP contribution in [0.15, 0.2) is 119 Å². The van der Waals surface area contributed by atoms with Crippen molar-refractivity contribution in [3.63, 3.8) is 0 Å². The SMILES string of the molecule is CCc1cc(-c2cncc(O)c2)ccc1CN1CCN(c2ccc(C(=O)NS(=O)(=O)c3ccc(NCCSc4ccccc4)c(C(F)(F)F)c3)cc2)CC1. The van der Waals surface area contributed by atoms with E-state index >= 15 is 0 Å². The van der Waals surface area contributed by atoms with E-state index in [1.807, 2.05) is 41.1 Å². The van der Waals surface area contributed by atoms with E-state index in [1.165, 1.54) is 41.2 Å². The van der Waals surface area contributed by atoms with Crippen molar-refractivity contribution in [1.82, 2.24) is 14.6 Å². The maximum atomic E-state index is 14.0. The number of sulfonamides is 1. The molecule has 5 aromatic rings. The summed E-state index contributed by atoms with van der Waals surface area (Å²) in [6.45, 7) is 6.23. The van der Waals surface area contributed by atoms with E-state index in [4.69, 9.17) is 0 Å². The van der Waals surface area contributed by atoms with Gasteiger partial charge in [-0.25, -0.2) is 13.1 Å². The highest BCUT2D eigenvalue weighted by Gasteiger charge is 2.35. The number of halogens is 3. The van der Waals surface area contributed by atoms with Gasteiger partial charge in [-0.05, 0) is 83.8 Å². The molecule has 0 atom stereocenters. The van der Waals surface area contributed by atoms with Crippen molar-refractivity contribution in [3.05, 3.63) is 132 Å². The highest BCUT2D eigenvalue weighted by atomic mass is 32.2. The summed E-state index contributed by atoms with van der Waals surface area (Å²) in [5.41, 5.74) is 3.87. The summed E-state index contributed by atoms with van der Waals surface area (Å²) in [4.78, 5) is 21.9. The predicted molar refractivity (Wildman–Crippen MR) is 206 cm³/mol. The number of amides is 1. The molecule has 6 rings (SSSR count). The van der Waals surface area contributed by atoms with Crippen LogP contribution in [-0.2, 0) is 29.2 Å². The van der Waals surface area contributed by atoms with Crippen LogP contribution in [0, 0.1) is 0 Å². The molecule has 1 fully saturated rings. The molecule has 1 aromatic heterocycles. The summed E-state index contributed by atoms with van der Waals surface area (Å²) >= 11 is 1.48. The van der Waals surface area contributed by atoms with Gasteiger partial charge in [-0.1, -0.05) is 43.3 Å². The average Bonchev–Trinajstić information content (AvgIpc) is 3.17. The number of aromatic nitrogens is 1. The number of hydrogen-bond acceptors (Lipinski definition) is 9. The Labute approximate surface area is 317 Å². The summed E-state index contributed by atoms with van der Waals surface area (Å²) in [5.74, 6) is -0.331. The van der Waals surface area contributed by atoms with Crippen LogP contribution in [0.1, 0.15) is 34.0 Å². The molecular formula is C40H40F3N5O4S2. The fraction of sp³-hybridized carbons (Fsp3) is 0.250. The number of aromatic hydroxyl groups is 1. The minimum absolute atomic E-state index is 0.0586. The van der Waals surface area contributed by atoms with E-state index in [-0.39, 0.29) is 23.5 Å². The topological polar surface area (TPSA) is 115 Å². The summed E-state index contributed by atoms with van der Waals surface area (Å²) in [6.07, 6.45) is -0.823. The number of nitrogens with zero attached hydrogens (tertiary/aromatic N) is 3. The second-order valence-electron chi connectivity index (χ2n) is 12.8. The molecule has 0 aliphatic carbocycles. The van der Waals surface area contributed by atoms with Crippen LogP contribution in [0.25, 0.3) is 11.1 Å². The van der Waals surface area contributed by atoms with Gasteiger partial charge in [0.05, 0.1) is 16.7 Å². The second kappa shape index (κ2) is 17.0. The number of pyridine rings is 1. The van der Waals surface area contributed by atoms with E-state index in [1.54, 1.807) is 24.4 Å². The Morgan fingerprint density at radius 2 is 1.61 bits per heavy atom. The lowest BCUT2D eigenvalue weighted by Crippen LogP contribution is -2.46. The number of alkyl halides is 3. The van der Waals surface area contributed by atoms with Crippen molar-refractivity contribution in [3.8, 4) is 16.9 Å². The fourth-order valence-corrected chi connectivity index (χ4v) is 8.08. The van der Waals surface area contributed by atoms with Crippen LogP contribution >= 0.6 is 11.8 Å². The Morgan fingerprint density at radius 3 is 2.30 bits per heavy atom. The van der Waals surface area contributed by atoms with Crippen molar-refractivity contribution in [1.29, 1.82) is 0 Å². The smallest absolute Gasteiger partial charge is 0.418 e. The van der Waals surface area contributed by atoms with Crippen LogP contribution in [0.2, 0.25) is 0 Å². The molecule has 9 nitrogen and oxygen atoms in total. The van der Waals surface area contributed by atoms with E-state index in [9.17, 15) is 31.5 Å². The number of thioether (sulfide) groups is 1. The summed E-state index contributed by atoms with van der Waals surface area (Å²) < 4.78 is 70.1. The maximum Gasteiger partial charge on any atom is 0.418 e. The van der Waals surface area contributed by atoms with Crippen LogP contribution in [0.3, 0.4) is 0 Å². The first-order valence-electron chi connectivity index (χ1n) is 17.4. The summed E-state index contributed by atoms with van der Waals surface area (Å²) in [7, 11) is -4.61. The van der Waals surface area contributed by atoms with E-state index in [0.717, 1.165) is 73.0 Å². The third-order valence-corrected chi connectivity index (χ3v) is 11.5. The number of piperazine rings is 1. The second-order valence-corrected chi connectivity index (χ2v) is 15.7. The van der Waals surface area contributed by atoms with Gasteiger partial charge in [-0.15, -0.1) is 11.8 Å². The van der Waals surface area contributed by atoms with Gasteiger partial charge in [-0.2, -0.15) is 13.2 Å². The largest absolute Gasteiger partial charge is 0.506 e. The number of anilines is 2. The zero-order chi connectivity index (χ0) is 38.3. The third kappa shape index (κ3) is 9.73. The van der Waals surface area contributed by atoms with Crippen molar-refractivity contribution >= 4 is 39.1 Å². The molecule has 1 aliphatic rings. The maximum absolute atomic E-state index is 14.0. The van der Waals surface area contributed by atoms with Gasteiger partial charge in [0.25, 0.3) is 15.9 Å². The van der Waals surface area contributed by atoms with Crippen molar-refractivity contribution in [2.75, 3.05) is 48.7 Å². The molecule has 14 heteroatoms. The molecule has 54 heavy (non-hydrogen) atoms. The molecule has 282 valence electrons. The average molecular weight is 776 g/mol. The Morgan fingerprint density at radius 1 is 0.870 bits per heavy atom. The van der Waals surface area contributed by atoms with Gasteiger partial charge in [0.2, 0.25) is 0 Å².